The Kier molecular flexibility index (Phi) is 3.87. The van der Waals surface area contributed by atoms with E-state index in [1.807, 2.05) is 47.5 Å². The van der Waals surface area contributed by atoms with Crippen molar-refractivity contribution in [3.8, 4) is 0 Å². The summed E-state index contributed by atoms with van der Waals surface area (Å²) in [7, 11) is 1.96. The average Bonchev–Trinajstić information content (AvgIpc) is 2.67. The fourth-order valence-electron chi connectivity index (χ4n) is 1.90. The maximum atomic E-state index is 6.33. The molecule has 0 radical (unpaired) electrons. The van der Waals surface area contributed by atoms with Gasteiger partial charge in [0.1, 0.15) is 0 Å². The van der Waals surface area contributed by atoms with Gasteiger partial charge in [-0.25, -0.2) is 0 Å². The van der Waals surface area contributed by atoms with Gasteiger partial charge in [0.2, 0.25) is 0 Å². The van der Waals surface area contributed by atoms with Crippen molar-refractivity contribution < 1.29 is 0 Å². The molecule has 2 rings (SSSR count). The van der Waals surface area contributed by atoms with E-state index in [1.54, 1.807) is 0 Å². The number of hydrogen-bond donors (Lipinski definition) is 1. The molecule has 0 aromatic carbocycles. The van der Waals surface area contributed by atoms with Crippen LogP contribution in [-0.2, 0) is 7.05 Å². The van der Waals surface area contributed by atoms with Gasteiger partial charge in [-0.15, -0.1) is 0 Å². The topological polar surface area (TPSA) is 43.8 Å². The fraction of sp³-hybridized carbons (Fsp3) is 0.727. The van der Waals surface area contributed by atoms with Crippen molar-refractivity contribution in [2.75, 3.05) is 5.75 Å². The lowest BCUT2D eigenvalue weighted by Crippen LogP contribution is -2.35. The molecule has 2 heterocycles. The number of thioether (sulfide) groups is 2. The van der Waals surface area contributed by atoms with Crippen LogP contribution in [0.2, 0.25) is 0 Å². The molecule has 0 amide bonds. The Morgan fingerprint density at radius 2 is 2.25 bits per heavy atom. The minimum Gasteiger partial charge on any atom is -0.322 e. The molecule has 5 heteroatoms. The zero-order valence-corrected chi connectivity index (χ0v) is 11.6. The van der Waals surface area contributed by atoms with Gasteiger partial charge in [-0.05, 0) is 6.07 Å². The van der Waals surface area contributed by atoms with Gasteiger partial charge >= 0.3 is 0 Å². The molecule has 0 spiro atoms. The largest absolute Gasteiger partial charge is 0.322 e. The van der Waals surface area contributed by atoms with Gasteiger partial charge in [0.25, 0.3) is 0 Å². The molecule has 16 heavy (non-hydrogen) atoms. The monoisotopic (exact) mass is 257 g/mol. The van der Waals surface area contributed by atoms with Crippen LogP contribution in [-0.4, -0.2) is 31.3 Å². The van der Waals surface area contributed by atoms with E-state index in [4.69, 9.17) is 5.73 Å². The average molecular weight is 257 g/mol. The van der Waals surface area contributed by atoms with E-state index in [0.717, 1.165) is 16.7 Å². The standard InChI is InChI=1S/C11H19N3S2/c1-7-8(2)16-10(6-15-7)11(12)9-4-5-13-14(9)3/h4-5,7-8,10-11H,6,12H2,1-3H3. The zero-order valence-electron chi connectivity index (χ0n) is 9.96. The Labute approximate surface area is 106 Å². The Hall–Kier alpha value is -0.130. The van der Waals surface area contributed by atoms with Crippen molar-refractivity contribution in [1.82, 2.24) is 9.78 Å². The lowest BCUT2D eigenvalue weighted by molar-refractivity contribution is 0.613. The Morgan fingerprint density at radius 3 is 2.81 bits per heavy atom. The molecule has 1 aromatic rings. The number of nitrogens with zero attached hydrogens (tertiary/aromatic N) is 2. The second-order valence-corrected chi connectivity index (χ2v) is 7.36. The third-order valence-electron chi connectivity index (χ3n) is 3.17. The Balaban J connectivity index is 2.06. The third-order valence-corrected chi connectivity index (χ3v) is 6.69. The van der Waals surface area contributed by atoms with Gasteiger partial charge in [-0.3, -0.25) is 4.68 Å². The van der Waals surface area contributed by atoms with Crippen molar-refractivity contribution >= 4 is 23.5 Å². The second kappa shape index (κ2) is 5.02. The van der Waals surface area contributed by atoms with E-state index in [-0.39, 0.29) is 6.04 Å². The highest BCUT2D eigenvalue weighted by molar-refractivity contribution is 8.07. The summed E-state index contributed by atoms with van der Waals surface area (Å²) in [6.45, 7) is 4.60. The highest BCUT2D eigenvalue weighted by Crippen LogP contribution is 2.39. The minimum absolute atomic E-state index is 0.0972. The highest BCUT2D eigenvalue weighted by atomic mass is 32.2. The van der Waals surface area contributed by atoms with Crippen LogP contribution in [0.15, 0.2) is 12.3 Å². The normalized spacial score (nSPS) is 32.6. The van der Waals surface area contributed by atoms with E-state index in [9.17, 15) is 0 Å². The maximum absolute atomic E-state index is 6.33. The molecule has 3 nitrogen and oxygen atoms in total. The molecule has 4 unspecified atom stereocenters. The second-order valence-electron chi connectivity index (χ2n) is 4.32. The molecule has 1 aliphatic heterocycles. The van der Waals surface area contributed by atoms with E-state index in [1.165, 1.54) is 0 Å². The lowest BCUT2D eigenvalue weighted by atomic mass is 10.1. The highest BCUT2D eigenvalue weighted by Gasteiger charge is 2.31. The van der Waals surface area contributed by atoms with Crippen molar-refractivity contribution in [3.05, 3.63) is 18.0 Å². The van der Waals surface area contributed by atoms with Crippen LogP contribution in [0.25, 0.3) is 0 Å². The van der Waals surface area contributed by atoms with Crippen molar-refractivity contribution in [3.63, 3.8) is 0 Å². The molecule has 0 aliphatic carbocycles. The van der Waals surface area contributed by atoms with Crippen LogP contribution >= 0.6 is 23.5 Å². The number of aromatic nitrogens is 2. The van der Waals surface area contributed by atoms with Crippen molar-refractivity contribution in [1.29, 1.82) is 0 Å². The SMILES string of the molecule is CC1SCC(C(N)c2ccnn2C)SC1C. The lowest BCUT2D eigenvalue weighted by Gasteiger charge is -2.34. The van der Waals surface area contributed by atoms with Gasteiger partial charge < -0.3 is 5.73 Å². The molecular weight excluding hydrogens is 238 g/mol. The summed E-state index contributed by atoms with van der Waals surface area (Å²) >= 11 is 4.06. The van der Waals surface area contributed by atoms with E-state index < -0.39 is 0 Å². The molecule has 90 valence electrons. The zero-order chi connectivity index (χ0) is 11.7. The summed E-state index contributed by atoms with van der Waals surface area (Å²) < 4.78 is 1.89. The predicted molar refractivity (Wildman–Crippen MR) is 72.9 cm³/mol. The first kappa shape index (κ1) is 12.3. The summed E-state index contributed by atoms with van der Waals surface area (Å²) in [5.41, 5.74) is 7.47. The molecule has 1 fully saturated rings. The number of aryl methyl sites for hydroxylation is 1. The van der Waals surface area contributed by atoms with E-state index >= 15 is 0 Å². The summed E-state index contributed by atoms with van der Waals surface area (Å²) in [5, 5.41) is 6.11. The van der Waals surface area contributed by atoms with Crippen LogP contribution in [0.1, 0.15) is 25.6 Å². The van der Waals surface area contributed by atoms with Crippen molar-refractivity contribution in [2.45, 2.75) is 35.6 Å². The Bertz CT molecular complexity index is 353. The third kappa shape index (κ3) is 2.41. The van der Waals surface area contributed by atoms with Crippen LogP contribution < -0.4 is 5.73 Å². The quantitative estimate of drug-likeness (QED) is 0.880. The first-order valence-corrected chi connectivity index (χ1v) is 7.59. The van der Waals surface area contributed by atoms with Gasteiger partial charge in [0.05, 0.1) is 11.7 Å². The number of nitrogens with two attached hydrogens (primary N) is 1. The minimum atomic E-state index is 0.0972. The van der Waals surface area contributed by atoms with E-state index in [2.05, 4.69) is 18.9 Å². The smallest absolute Gasteiger partial charge is 0.0595 e. The molecule has 0 saturated carbocycles. The molecule has 1 aromatic heterocycles. The van der Waals surface area contributed by atoms with E-state index in [0.29, 0.717) is 10.5 Å². The fourth-order valence-corrected chi connectivity index (χ4v) is 4.93. The van der Waals surface area contributed by atoms with Gasteiger partial charge in [-0.1, -0.05) is 13.8 Å². The van der Waals surface area contributed by atoms with Gasteiger partial charge in [-0.2, -0.15) is 28.6 Å². The number of hydrogen-bond acceptors (Lipinski definition) is 4. The molecular formula is C11H19N3S2. The van der Waals surface area contributed by atoms with Crippen molar-refractivity contribution in [2.24, 2.45) is 12.8 Å². The molecule has 0 bridgehead atoms. The van der Waals surface area contributed by atoms with Crippen LogP contribution in [0, 0.1) is 0 Å². The molecule has 4 atom stereocenters. The summed E-state index contributed by atoms with van der Waals surface area (Å²) in [4.78, 5) is 0. The maximum Gasteiger partial charge on any atom is 0.0595 e. The van der Waals surface area contributed by atoms with Gasteiger partial charge in [0, 0.05) is 34.7 Å². The summed E-state index contributed by atoms with van der Waals surface area (Å²) in [5.74, 6) is 1.14. The van der Waals surface area contributed by atoms with Gasteiger partial charge in [0.15, 0.2) is 0 Å². The molecule has 1 saturated heterocycles. The first-order chi connectivity index (χ1) is 7.59. The molecule has 2 N–H and O–H groups in total. The van der Waals surface area contributed by atoms with Crippen LogP contribution in [0.4, 0.5) is 0 Å². The molecule has 1 aliphatic rings. The van der Waals surface area contributed by atoms with Crippen LogP contribution in [0.3, 0.4) is 0 Å². The van der Waals surface area contributed by atoms with Crippen LogP contribution in [0.5, 0.6) is 0 Å². The number of rotatable bonds is 2. The summed E-state index contributed by atoms with van der Waals surface area (Å²) in [6, 6.07) is 2.12. The Morgan fingerprint density at radius 1 is 1.50 bits per heavy atom. The predicted octanol–water partition coefficient (Wildman–Crippen LogP) is 2.05. The summed E-state index contributed by atoms with van der Waals surface area (Å²) in [6.07, 6.45) is 1.82. The first-order valence-electron chi connectivity index (χ1n) is 5.60.